The average Bonchev–Trinajstić information content (AvgIpc) is 3.37. The summed E-state index contributed by atoms with van der Waals surface area (Å²) in [6.45, 7) is 35.0. The van der Waals surface area contributed by atoms with Crippen LogP contribution in [0.1, 0.15) is 209 Å². The molecule has 0 aromatic rings. The molecule has 4 aliphatic rings. The fourth-order valence-electron chi connectivity index (χ4n) is 8.23. The summed E-state index contributed by atoms with van der Waals surface area (Å²) in [6.07, 6.45) is 20.2. The molecule has 1 aliphatic heterocycles. The minimum Gasteiger partial charge on any atom is -0.381 e. The van der Waals surface area contributed by atoms with Gasteiger partial charge in [0.15, 0.2) is 0 Å². The predicted molar refractivity (Wildman–Crippen MR) is 213 cm³/mol. The molecule has 47 heavy (non-hydrogen) atoms. The first-order chi connectivity index (χ1) is 20.1. The first-order valence-corrected chi connectivity index (χ1v) is 18.8. The van der Waals surface area contributed by atoms with Crippen molar-refractivity contribution >= 4 is 0 Å². The summed E-state index contributed by atoms with van der Waals surface area (Å²) in [4.78, 5) is 0. The molecule has 0 amide bonds. The van der Waals surface area contributed by atoms with Gasteiger partial charge in [-0.1, -0.05) is 164 Å². The second-order valence-electron chi connectivity index (χ2n) is 19.7. The molecule has 2 atom stereocenters. The molecule has 1 saturated heterocycles. The predicted octanol–water partition coefficient (Wildman–Crippen LogP) is 14.8. The first-order valence-electron chi connectivity index (χ1n) is 18.8. The minimum absolute atomic E-state index is 0. The quantitative estimate of drug-likeness (QED) is 0.299. The molecule has 0 N–H and O–H groups in total. The van der Waals surface area contributed by atoms with E-state index in [1.165, 1.54) is 83.5 Å². The van der Waals surface area contributed by atoms with Crippen LogP contribution in [0.15, 0.2) is 0 Å². The normalized spacial score (nSPS) is 25.0. The van der Waals surface area contributed by atoms with Crippen molar-refractivity contribution in [2.24, 2.45) is 44.3 Å². The molecule has 3 saturated carbocycles. The van der Waals surface area contributed by atoms with Crippen LogP contribution in [0.5, 0.6) is 0 Å². The van der Waals surface area contributed by atoms with E-state index >= 15 is 0 Å². The Morgan fingerprint density at radius 3 is 1.30 bits per heavy atom. The van der Waals surface area contributed by atoms with Gasteiger partial charge in [0.25, 0.3) is 0 Å². The van der Waals surface area contributed by atoms with Crippen molar-refractivity contribution in [2.45, 2.75) is 215 Å². The molecular weight excluding hydrogens is 576 g/mol. The van der Waals surface area contributed by atoms with Crippen molar-refractivity contribution in [3.63, 3.8) is 0 Å². The Balaban J connectivity index is -0.000000539. The highest BCUT2D eigenvalue weighted by Gasteiger charge is 2.39. The zero-order valence-corrected chi connectivity index (χ0v) is 33.0. The second kappa shape index (κ2) is 22.0. The molecule has 0 spiro atoms. The van der Waals surface area contributed by atoms with Crippen molar-refractivity contribution < 1.29 is 14.2 Å². The lowest BCUT2D eigenvalue weighted by Gasteiger charge is -2.45. The third kappa shape index (κ3) is 18.1. The molecule has 4 fully saturated rings. The van der Waals surface area contributed by atoms with E-state index in [9.17, 15) is 0 Å². The van der Waals surface area contributed by atoms with Crippen LogP contribution in [-0.2, 0) is 14.2 Å². The lowest BCUT2D eigenvalue weighted by atomic mass is 9.61. The van der Waals surface area contributed by atoms with E-state index in [2.05, 4.69) is 96.9 Å². The Bertz CT molecular complexity index is 744. The number of hydrogen-bond donors (Lipinski definition) is 0. The van der Waals surface area contributed by atoms with Gasteiger partial charge in [-0.25, -0.2) is 0 Å². The Morgan fingerprint density at radius 1 is 0.617 bits per heavy atom. The van der Waals surface area contributed by atoms with Gasteiger partial charge in [-0.15, -0.1) is 0 Å². The summed E-state index contributed by atoms with van der Waals surface area (Å²) >= 11 is 0. The molecule has 2 unspecified atom stereocenters. The van der Waals surface area contributed by atoms with Crippen LogP contribution >= 0.6 is 0 Å². The highest BCUT2D eigenvalue weighted by molar-refractivity contribution is 4.90. The summed E-state index contributed by atoms with van der Waals surface area (Å²) in [6, 6.07) is 0. The van der Waals surface area contributed by atoms with E-state index in [0.717, 1.165) is 31.5 Å². The molecule has 0 aromatic carbocycles. The average molecular weight is 671 g/mol. The van der Waals surface area contributed by atoms with Crippen molar-refractivity contribution in [3.8, 4) is 0 Å². The summed E-state index contributed by atoms with van der Waals surface area (Å²) in [5.41, 5.74) is 2.85. The van der Waals surface area contributed by atoms with Gasteiger partial charge >= 0.3 is 0 Å². The van der Waals surface area contributed by atoms with E-state index in [4.69, 9.17) is 14.2 Å². The van der Waals surface area contributed by atoms with Gasteiger partial charge in [-0.05, 0) is 83.9 Å². The van der Waals surface area contributed by atoms with Crippen LogP contribution in [0.4, 0.5) is 0 Å². The smallest absolute Gasteiger partial charge is 0.146 e. The van der Waals surface area contributed by atoms with Crippen LogP contribution in [-0.4, -0.2) is 33.2 Å². The summed E-state index contributed by atoms with van der Waals surface area (Å²) < 4.78 is 16.1. The number of ether oxygens (including phenoxy) is 3. The molecule has 0 bridgehead atoms. The lowest BCUT2D eigenvalue weighted by Crippen LogP contribution is -2.37. The highest BCUT2D eigenvalue weighted by atomic mass is 16.7. The topological polar surface area (TPSA) is 27.7 Å². The van der Waals surface area contributed by atoms with E-state index < -0.39 is 0 Å². The van der Waals surface area contributed by atoms with Crippen molar-refractivity contribution in [1.82, 2.24) is 0 Å². The fourth-order valence-corrected chi connectivity index (χ4v) is 8.23. The zero-order valence-electron chi connectivity index (χ0n) is 33.0. The van der Waals surface area contributed by atoms with Crippen LogP contribution in [0.3, 0.4) is 0 Å². The van der Waals surface area contributed by atoms with Crippen molar-refractivity contribution in [1.29, 1.82) is 0 Å². The van der Waals surface area contributed by atoms with E-state index in [1.807, 2.05) is 7.11 Å². The Morgan fingerprint density at radius 2 is 1.00 bits per heavy atom. The molecule has 3 nitrogen and oxygen atoms in total. The van der Waals surface area contributed by atoms with Crippen LogP contribution in [0.2, 0.25) is 0 Å². The highest BCUT2D eigenvalue weighted by Crippen LogP contribution is 2.50. The van der Waals surface area contributed by atoms with E-state index in [0.29, 0.717) is 40.0 Å². The second-order valence-corrected chi connectivity index (χ2v) is 19.7. The van der Waals surface area contributed by atoms with Gasteiger partial charge in [0, 0.05) is 12.5 Å². The number of rotatable bonds is 3. The summed E-state index contributed by atoms with van der Waals surface area (Å²) in [5, 5.41) is 0. The Kier molecular flexibility index (Phi) is 23.9. The standard InChI is InChI=1S/C11H22.C10H20O2.C10H20O.C10H20.3CH4/c1-10(2,3)11(4)8-6-5-7-9-11;1-9(2,3)5-10(4)6-11-8-12-7-10;1-8(2)9-6-4-5-7-10(9)11-3;1-9(2,3)10(4)7-5-6-8-10;;;/h5-9H2,1-4H3;5-8H2,1-4H3;8-10H,4-7H2,1-3H3;5-8H2,1-4H3;3*1H4. The number of hydrogen-bond acceptors (Lipinski definition) is 3. The van der Waals surface area contributed by atoms with Gasteiger partial charge in [0.1, 0.15) is 6.79 Å². The molecule has 3 aliphatic carbocycles. The Labute approximate surface area is 300 Å². The lowest BCUT2D eigenvalue weighted by molar-refractivity contribution is -0.167. The minimum atomic E-state index is 0. The SMILES string of the molecule is C.C.C.CC(C)(C)C1(C)CCCC1.CC(C)(C)C1(C)CCCCC1.CC(C)(C)CC1(C)COCOC1.COC1CCCCC1C(C)C. The monoisotopic (exact) mass is 671 g/mol. The van der Waals surface area contributed by atoms with Gasteiger partial charge < -0.3 is 14.2 Å². The van der Waals surface area contributed by atoms with Gasteiger partial charge in [0.05, 0.1) is 19.3 Å². The third-order valence-electron chi connectivity index (χ3n) is 12.2. The van der Waals surface area contributed by atoms with Crippen molar-refractivity contribution in [3.05, 3.63) is 0 Å². The fraction of sp³-hybridized carbons (Fsp3) is 1.00. The third-order valence-corrected chi connectivity index (χ3v) is 12.2. The van der Waals surface area contributed by atoms with Gasteiger partial charge in [0.2, 0.25) is 0 Å². The summed E-state index contributed by atoms with van der Waals surface area (Å²) in [5.74, 6) is 1.61. The Hall–Kier alpha value is -0.120. The molecule has 288 valence electrons. The van der Waals surface area contributed by atoms with E-state index in [-0.39, 0.29) is 27.7 Å². The first kappa shape index (κ1) is 51.3. The molecule has 4 rings (SSSR count). The molecule has 1 heterocycles. The maximum Gasteiger partial charge on any atom is 0.146 e. The number of methoxy groups -OCH3 is 1. The maximum absolute atomic E-state index is 5.47. The maximum atomic E-state index is 5.47. The van der Waals surface area contributed by atoms with E-state index in [1.54, 1.807) is 0 Å². The molecule has 0 radical (unpaired) electrons. The van der Waals surface area contributed by atoms with Crippen LogP contribution in [0.25, 0.3) is 0 Å². The molecule has 3 heteroatoms. The largest absolute Gasteiger partial charge is 0.381 e. The summed E-state index contributed by atoms with van der Waals surface area (Å²) in [7, 11) is 1.85. The van der Waals surface area contributed by atoms with Crippen LogP contribution < -0.4 is 0 Å². The zero-order chi connectivity index (χ0) is 33.9. The van der Waals surface area contributed by atoms with Gasteiger partial charge in [-0.3, -0.25) is 0 Å². The van der Waals surface area contributed by atoms with Crippen molar-refractivity contribution in [2.75, 3.05) is 27.1 Å². The van der Waals surface area contributed by atoms with Gasteiger partial charge in [-0.2, -0.15) is 0 Å². The van der Waals surface area contributed by atoms with Crippen LogP contribution in [0, 0.1) is 44.3 Å². The molecular formula is C44H94O3. The molecule has 0 aromatic heterocycles.